The van der Waals surface area contributed by atoms with Crippen LogP contribution in [0.4, 0.5) is 0 Å². The first-order valence-corrected chi connectivity index (χ1v) is 6.62. The summed E-state index contributed by atoms with van der Waals surface area (Å²) in [6, 6.07) is 8.74. The van der Waals surface area contributed by atoms with Crippen LogP contribution in [-0.4, -0.2) is 17.6 Å². The lowest BCUT2D eigenvalue weighted by atomic mass is 10.0. The van der Waals surface area contributed by atoms with Gasteiger partial charge in [0.05, 0.1) is 0 Å². The number of carboxylic acids is 1. The van der Waals surface area contributed by atoms with Gasteiger partial charge in [-0.25, -0.2) is 0 Å². The highest BCUT2D eigenvalue weighted by Crippen LogP contribution is 2.16. The van der Waals surface area contributed by atoms with Crippen LogP contribution in [0.1, 0.15) is 49.8 Å². The quantitative estimate of drug-likeness (QED) is 0.695. The summed E-state index contributed by atoms with van der Waals surface area (Å²) in [6.07, 6.45) is 3.06. The molecule has 0 radical (unpaired) electrons. The minimum Gasteiger partial charge on any atom is -0.481 e. The lowest BCUT2D eigenvalue weighted by molar-refractivity contribution is -0.137. The summed E-state index contributed by atoms with van der Waals surface area (Å²) in [5.74, 6) is -0.698. The van der Waals surface area contributed by atoms with Gasteiger partial charge >= 0.3 is 5.97 Å². The van der Waals surface area contributed by atoms with E-state index in [4.69, 9.17) is 5.11 Å². The van der Waals surface area contributed by atoms with Gasteiger partial charge in [0, 0.05) is 12.5 Å². The van der Waals surface area contributed by atoms with Crippen LogP contribution in [0, 0.1) is 6.92 Å². The zero-order valence-electron chi connectivity index (χ0n) is 11.3. The topological polar surface area (TPSA) is 49.3 Å². The number of rotatable bonds is 8. The van der Waals surface area contributed by atoms with Crippen molar-refractivity contribution < 1.29 is 9.90 Å². The smallest absolute Gasteiger partial charge is 0.303 e. The van der Waals surface area contributed by atoms with Crippen LogP contribution >= 0.6 is 0 Å². The van der Waals surface area contributed by atoms with Gasteiger partial charge in [0.1, 0.15) is 0 Å². The average Bonchev–Trinajstić information content (AvgIpc) is 2.33. The lowest BCUT2D eigenvalue weighted by Crippen LogP contribution is -2.20. The number of hydrogen-bond acceptors (Lipinski definition) is 2. The summed E-state index contributed by atoms with van der Waals surface area (Å²) in [6.45, 7) is 5.23. The molecule has 0 aliphatic carbocycles. The van der Waals surface area contributed by atoms with E-state index in [0.29, 0.717) is 6.04 Å². The maximum atomic E-state index is 10.3. The molecule has 3 nitrogen and oxygen atoms in total. The van der Waals surface area contributed by atoms with Crippen molar-refractivity contribution in [2.75, 3.05) is 6.54 Å². The molecule has 0 saturated carbocycles. The first-order chi connectivity index (χ1) is 8.61. The molecular weight excluding hydrogens is 226 g/mol. The van der Waals surface area contributed by atoms with Gasteiger partial charge in [-0.05, 0) is 44.4 Å². The van der Waals surface area contributed by atoms with Crippen molar-refractivity contribution in [3.8, 4) is 0 Å². The first-order valence-electron chi connectivity index (χ1n) is 6.62. The summed E-state index contributed by atoms with van der Waals surface area (Å²) >= 11 is 0. The van der Waals surface area contributed by atoms with E-state index in [1.54, 1.807) is 0 Å². The zero-order valence-corrected chi connectivity index (χ0v) is 11.3. The molecule has 0 fully saturated rings. The first kappa shape index (κ1) is 14.7. The van der Waals surface area contributed by atoms with Crippen LogP contribution in [0.3, 0.4) is 0 Å². The van der Waals surface area contributed by atoms with Crippen LogP contribution in [0.5, 0.6) is 0 Å². The van der Waals surface area contributed by atoms with Crippen LogP contribution in [0.15, 0.2) is 24.3 Å². The van der Waals surface area contributed by atoms with Crippen molar-refractivity contribution in [3.05, 3.63) is 35.4 Å². The predicted molar refractivity (Wildman–Crippen MR) is 73.7 cm³/mol. The van der Waals surface area contributed by atoms with Gasteiger partial charge in [-0.3, -0.25) is 4.79 Å². The molecule has 2 N–H and O–H groups in total. The van der Waals surface area contributed by atoms with E-state index in [1.165, 1.54) is 11.1 Å². The SMILES string of the molecule is Cc1ccccc1[C@H](C)NCCCCCC(=O)O. The summed E-state index contributed by atoms with van der Waals surface area (Å²) in [5.41, 5.74) is 2.64. The highest BCUT2D eigenvalue weighted by atomic mass is 16.4. The Morgan fingerprint density at radius 2 is 2.00 bits per heavy atom. The maximum Gasteiger partial charge on any atom is 0.303 e. The number of unbranched alkanes of at least 4 members (excludes halogenated alkanes) is 2. The minimum absolute atomic E-state index is 0.285. The molecule has 0 aliphatic heterocycles. The van der Waals surface area contributed by atoms with E-state index in [9.17, 15) is 4.79 Å². The number of aliphatic carboxylic acids is 1. The van der Waals surface area contributed by atoms with E-state index in [2.05, 4.69) is 43.4 Å². The Bertz CT molecular complexity index is 377. The highest BCUT2D eigenvalue weighted by molar-refractivity contribution is 5.66. The third-order valence-corrected chi connectivity index (χ3v) is 3.17. The van der Waals surface area contributed by atoms with Crippen molar-refractivity contribution in [3.63, 3.8) is 0 Å². The summed E-state index contributed by atoms with van der Waals surface area (Å²) < 4.78 is 0. The van der Waals surface area contributed by atoms with Crippen LogP contribution < -0.4 is 5.32 Å². The van der Waals surface area contributed by atoms with Crippen LogP contribution in [0.2, 0.25) is 0 Å². The molecule has 0 spiro atoms. The van der Waals surface area contributed by atoms with Crippen molar-refractivity contribution >= 4 is 5.97 Å². The molecular formula is C15H23NO2. The lowest BCUT2D eigenvalue weighted by Gasteiger charge is -2.16. The highest BCUT2D eigenvalue weighted by Gasteiger charge is 2.06. The molecule has 1 rings (SSSR count). The number of aryl methyl sites for hydroxylation is 1. The second kappa shape index (κ2) is 7.88. The van der Waals surface area contributed by atoms with Crippen molar-refractivity contribution in [2.24, 2.45) is 0 Å². The predicted octanol–water partition coefficient (Wildman–Crippen LogP) is 3.29. The summed E-state index contributed by atoms with van der Waals surface area (Å²) in [5, 5.41) is 12.0. The van der Waals surface area contributed by atoms with Gasteiger partial charge in [-0.15, -0.1) is 0 Å². The number of benzene rings is 1. The molecule has 3 heteroatoms. The van der Waals surface area contributed by atoms with Crippen LogP contribution in [0.25, 0.3) is 0 Å². The Morgan fingerprint density at radius 3 is 2.67 bits per heavy atom. The van der Waals surface area contributed by atoms with E-state index in [0.717, 1.165) is 25.8 Å². The van der Waals surface area contributed by atoms with E-state index in [-0.39, 0.29) is 6.42 Å². The molecule has 0 amide bonds. The Hall–Kier alpha value is -1.35. The molecule has 1 atom stereocenters. The van der Waals surface area contributed by atoms with E-state index >= 15 is 0 Å². The number of carboxylic acid groups (broad SMARTS) is 1. The second-order valence-corrected chi connectivity index (χ2v) is 4.74. The Morgan fingerprint density at radius 1 is 1.28 bits per heavy atom. The standard InChI is InChI=1S/C15H23NO2/c1-12-8-5-6-9-14(12)13(2)16-11-7-3-4-10-15(17)18/h5-6,8-9,13,16H,3-4,7,10-11H2,1-2H3,(H,17,18)/t13-/m0/s1. The largest absolute Gasteiger partial charge is 0.481 e. The Balaban J connectivity index is 2.20. The van der Waals surface area contributed by atoms with Crippen molar-refractivity contribution in [1.29, 1.82) is 0 Å². The Labute approximate surface area is 109 Å². The fraction of sp³-hybridized carbons (Fsp3) is 0.533. The summed E-state index contributed by atoms with van der Waals surface area (Å²) in [7, 11) is 0. The van der Waals surface area contributed by atoms with Crippen LogP contribution in [-0.2, 0) is 4.79 Å². The third-order valence-electron chi connectivity index (χ3n) is 3.17. The molecule has 100 valence electrons. The molecule has 0 aromatic heterocycles. The Kier molecular flexibility index (Phi) is 6.44. The number of nitrogens with one attached hydrogen (secondary N) is 1. The molecule has 0 aliphatic rings. The molecule has 0 bridgehead atoms. The molecule has 1 aromatic rings. The van der Waals surface area contributed by atoms with Gasteiger partial charge in [-0.2, -0.15) is 0 Å². The van der Waals surface area contributed by atoms with Gasteiger partial charge in [0.2, 0.25) is 0 Å². The van der Waals surface area contributed by atoms with E-state index in [1.807, 2.05) is 0 Å². The molecule has 18 heavy (non-hydrogen) atoms. The molecule has 0 saturated heterocycles. The minimum atomic E-state index is -0.698. The van der Waals surface area contributed by atoms with Crippen molar-refractivity contribution in [2.45, 2.75) is 45.6 Å². The zero-order chi connectivity index (χ0) is 13.4. The normalized spacial score (nSPS) is 12.3. The fourth-order valence-corrected chi connectivity index (χ4v) is 2.08. The number of carbonyl (C=O) groups is 1. The third kappa shape index (κ3) is 5.32. The summed E-state index contributed by atoms with van der Waals surface area (Å²) in [4.78, 5) is 10.3. The monoisotopic (exact) mass is 249 g/mol. The van der Waals surface area contributed by atoms with Gasteiger partial charge in [0.15, 0.2) is 0 Å². The van der Waals surface area contributed by atoms with Gasteiger partial charge in [0.25, 0.3) is 0 Å². The van der Waals surface area contributed by atoms with Gasteiger partial charge < -0.3 is 10.4 Å². The maximum absolute atomic E-state index is 10.3. The molecule has 0 unspecified atom stereocenters. The molecule has 0 heterocycles. The molecule has 1 aromatic carbocycles. The second-order valence-electron chi connectivity index (χ2n) is 4.74. The van der Waals surface area contributed by atoms with Crippen molar-refractivity contribution in [1.82, 2.24) is 5.32 Å². The van der Waals surface area contributed by atoms with E-state index < -0.39 is 5.97 Å². The number of hydrogen-bond donors (Lipinski definition) is 2. The fourth-order valence-electron chi connectivity index (χ4n) is 2.08. The van der Waals surface area contributed by atoms with Gasteiger partial charge in [-0.1, -0.05) is 30.7 Å². The average molecular weight is 249 g/mol.